The maximum atomic E-state index is 9.46. The fourth-order valence-corrected chi connectivity index (χ4v) is 3.76. The minimum atomic E-state index is 0.253. The van der Waals surface area contributed by atoms with Gasteiger partial charge in [0.15, 0.2) is 5.65 Å². The van der Waals surface area contributed by atoms with Crippen molar-refractivity contribution in [3.8, 4) is 0 Å². The molecule has 0 aromatic carbocycles. The normalized spacial score (nSPS) is 21.1. The lowest BCUT2D eigenvalue weighted by Gasteiger charge is -2.60. The molecular formula is C13H17ClN6O. The summed E-state index contributed by atoms with van der Waals surface area (Å²) in [6.07, 6.45) is 3.86. The zero-order valence-electron chi connectivity index (χ0n) is 12.0. The van der Waals surface area contributed by atoms with Crippen LogP contribution in [0, 0.1) is 5.41 Å². The number of aromatic nitrogens is 4. The highest BCUT2D eigenvalue weighted by atomic mass is 35.5. The third-order valence-corrected chi connectivity index (χ3v) is 4.93. The van der Waals surface area contributed by atoms with E-state index in [1.54, 1.807) is 17.9 Å². The fourth-order valence-electron chi connectivity index (χ4n) is 3.60. The van der Waals surface area contributed by atoms with E-state index in [-0.39, 0.29) is 5.28 Å². The Morgan fingerprint density at radius 2 is 2.10 bits per heavy atom. The van der Waals surface area contributed by atoms with Crippen LogP contribution in [-0.4, -0.2) is 56.2 Å². The van der Waals surface area contributed by atoms with E-state index in [1.165, 1.54) is 5.06 Å². The quantitative estimate of drug-likeness (QED) is 0.666. The van der Waals surface area contributed by atoms with Crippen molar-refractivity contribution in [3.63, 3.8) is 0 Å². The van der Waals surface area contributed by atoms with E-state index < -0.39 is 0 Å². The van der Waals surface area contributed by atoms with Crippen molar-refractivity contribution < 1.29 is 5.21 Å². The Morgan fingerprint density at radius 1 is 1.38 bits per heavy atom. The molecule has 1 aliphatic carbocycles. The summed E-state index contributed by atoms with van der Waals surface area (Å²) in [7, 11) is 3.57. The van der Waals surface area contributed by atoms with Gasteiger partial charge in [-0.25, -0.2) is 0 Å². The molecule has 1 saturated heterocycles. The van der Waals surface area contributed by atoms with Gasteiger partial charge in [-0.2, -0.15) is 20.1 Å². The summed E-state index contributed by atoms with van der Waals surface area (Å²) in [5, 5.41) is 16.2. The Labute approximate surface area is 127 Å². The average Bonchev–Trinajstić information content (AvgIpc) is 2.67. The van der Waals surface area contributed by atoms with Gasteiger partial charge in [0.25, 0.3) is 0 Å². The molecule has 2 aromatic rings. The Hall–Kier alpha value is -1.44. The number of rotatable bonds is 2. The smallest absolute Gasteiger partial charge is 0.226 e. The van der Waals surface area contributed by atoms with Gasteiger partial charge in [0.05, 0.1) is 11.6 Å². The van der Waals surface area contributed by atoms with Crippen LogP contribution in [-0.2, 0) is 7.05 Å². The molecule has 0 atom stereocenters. The van der Waals surface area contributed by atoms with Crippen LogP contribution in [0.25, 0.3) is 11.0 Å². The molecule has 0 radical (unpaired) electrons. The lowest BCUT2D eigenvalue weighted by Crippen LogP contribution is -2.66. The van der Waals surface area contributed by atoms with Crippen LogP contribution in [0.3, 0.4) is 0 Å². The Bertz CT molecular complexity index is 700. The van der Waals surface area contributed by atoms with Gasteiger partial charge in [-0.05, 0) is 24.4 Å². The first-order valence-corrected chi connectivity index (χ1v) is 7.37. The molecule has 0 bridgehead atoms. The van der Waals surface area contributed by atoms with E-state index in [1.807, 2.05) is 7.05 Å². The molecule has 1 N–H and O–H groups in total. The van der Waals surface area contributed by atoms with Gasteiger partial charge in [0, 0.05) is 38.6 Å². The molecule has 2 fully saturated rings. The number of anilines is 1. The van der Waals surface area contributed by atoms with Gasteiger partial charge in [0.1, 0.15) is 5.82 Å². The van der Waals surface area contributed by atoms with Crippen molar-refractivity contribution in [1.82, 2.24) is 24.8 Å². The molecule has 21 heavy (non-hydrogen) atoms. The summed E-state index contributed by atoms with van der Waals surface area (Å²) >= 11 is 6.03. The van der Waals surface area contributed by atoms with E-state index in [0.717, 1.165) is 42.8 Å². The number of hydrogen-bond acceptors (Lipinski definition) is 6. The zero-order chi connectivity index (χ0) is 14.8. The number of halogens is 1. The maximum absolute atomic E-state index is 9.46. The molecule has 4 rings (SSSR count). The van der Waals surface area contributed by atoms with Crippen LogP contribution in [0.4, 0.5) is 5.82 Å². The van der Waals surface area contributed by atoms with Crippen LogP contribution in [0.2, 0.25) is 5.28 Å². The minimum absolute atomic E-state index is 0.253. The Morgan fingerprint density at radius 3 is 2.76 bits per heavy atom. The van der Waals surface area contributed by atoms with Crippen molar-refractivity contribution in [1.29, 1.82) is 0 Å². The molecular weight excluding hydrogens is 292 g/mol. The van der Waals surface area contributed by atoms with Gasteiger partial charge in [-0.3, -0.25) is 4.68 Å². The molecule has 1 spiro atoms. The highest BCUT2D eigenvalue weighted by Gasteiger charge is 2.54. The lowest BCUT2D eigenvalue weighted by atomic mass is 9.60. The Balaban J connectivity index is 1.57. The molecule has 0 amide bonds. The molecule has 8 heteroatoms. The van der Waals surface area contributed by atoms with Crippen molar-refractivity contribution in [2.24, 2.45) is 12.5 Å². The second-order valence-electron chi connectivity index (χ2n) is 6.31. The largest absolute Gasteiger partial charge is 0.355 e. The summed E-state index contributed by atoms with van der Waals surface area (Å²) in [5.41, 5.74) is 1.08. The third-order valence-electron chi connectivity index (χ3n) is 4.76. The van der Waals surface area contributed by atoms with Crippen molar-refractivity contribution in [2.75, 3.05) is 25.0 Å². The van der Waals surface area contributed by atoms with Crippen LogP contribution in [0.15, 0.2) is 6.20 Å². The van der Waals surface area contributed by atoms with E-state index in [9.17, 15) is 5.21 Å². The molecule has 2 aliphatic rings. The second kappa shape index (κ2) is 4.28. The first kappa shape index (κ1) is 13.2. The number of hydroxylamine groups is 2. The number of hydrogen-bond donors (Lipinski definition) is 1. The monoisotopic (exact) mass is 308 g/mol. The van der Waals surface area contributed by atoms with Gasteiger partial charge in [-0.1, -0.05) is 0 Å². The summed E-state index contributed by atoms with van der Waals surface area (Å²) < 4.78 is 1.71. The molecule has 2 aromatic heterocycles. The van der Waals surface area contributed by atoms with Crippen LogP contribution in [0.5, 0.6) is 0 Å². The van der Waals surface area contributed by atoms with Gasteiger partial charge in [-0.15, -0.1) is 0 Å². The van der Waals surface area contributed by atoms with Crippen LogP contribution >= 0.6 is 11.6 Å². The molecule has 0 unspecified atom stereocenters. The fraction of sp³-hybridized carbons (Fsp3) is 0.615. The summed E-state index contributed by atoms with van der Waals surface area (Å²) in [5.74, 6) is 0.865. The predicted octanol–water partition coefficient (Wildman–Crippen LogP) is 1.31. The second-order valence-corrected chi connectivity index (χ2v) is 6.65. The van der Waals surface area contributed by atoms with Crippen LogP contribution in [0.1, 0.15) is 12.8 Å². The zero-order valence-corrected chi connectivity index (χ0v) is 12.7. The topological polar surface area (TPSA) is 70.3 Å². The average molecular weight is 309 g/mol. The molecule has 3 heterocycles. The molecule has 7 nitrogen and oxygen atoms in total. The lowest BCUT2D eigenvalue weighted by molar-refractivity contribution is -0.163. The van der Waals surface area contributed by atoms with Crippen molar-refractivity contribution in [2.45, 2.75) is 18.9 Å². The van der Waals surface area contributed by atoms with Crippen molar-refractivity contribution >= 4 is 28.5 Å². The third kappa shape index (κ3) is 1.91. The van der Waals surface area contributed by atoms with Gasteiger partial charge in [0.2, 0.25) is 5.28 Å². The first-order valence-electron chi connectivity index (χ1n) is 6.99. The van der Waals surface area contributed by atoms with E-state index >= 15 is 0 Å². The summed E-state index contributed by atoms with van der Waals surface area (Å²) in [6.45, 7) is 1.91. The maximum Gasteiger partial charge on any atom is 0.226 e. The van der Waals surface area contributed by atoms with E-state index in [2.05, 4.69) is 20.0 Å². The number of aryl methyl sites for hydroxylation is 1. The van der Waals surface area contributed by atoms with Crippen LogP contribution < -0.4 is 4.90 Å². The highest BCUT2D eigenvalue weighted by Crippen LogP contribution is 2.51. The summed E-state index contributed by atoms with van der Waals surface area (Å²) in [6, 6.07) is 0.291. The predicted molar refractivity (Wildman–Crippen MR) is 78.5 cm³/mol. The standard InChI is InChI=1S/C13H17ClN6O/c1-18-10-9(5-15-18)11(17-12(14)16-10)20-6-13(7-20)3-8(4-13)19(2)21/h5,8,21H,3-4,6-7H2,1-2H3. The number of nitrogens with zero attached hydrogens (tertiary/aromatic N) is 6. The molecule has 1 aliphatic heterocycles. The van der Waals surface area contributed by atoms with Gasteiger partial charge < -0.3 is 10.1 Å². The minimum Gasteiger partial charge on any atom is -0.355 e. The summed E-state index contributed by atoms with van der Waals surface area (Å²) in [4.78, 5) is 10.8. The SMILES string of the molecule is CN(O)C1CC2(C1)CN(c1nc(Cl)nc3c1cnn3C)C2. The highest BCUT2D eigenvalue weighted by molar-refractivity contribution is 6.28. The molecule has 1 saturated carbocycles. The van der Waals surface area contributed by atoms with E-state index in [4.69, 9.17) is 11.6 Å². The number of fused-ring (bicyclic) bond motifs is 1. The first-order chi connectivity index (χ1) is 9.97. The van der Waals surface area contributed by atoms with Gasteiger partial charge >= 0.3 is 0 Å². The molecule has 112 valence electrons. The Kier molecular flexibility index (Phi) is 2.70. The van der Waals surface area contributed by atoms with Crippen molar-refractivity contribution in [3.05, 3.63) is 11.5 Å². The van der Waals surface area contributed by atoms with E-state index in [0.29, 0.717) is 11.5 Å².